The summed E-state index contributed by atoms with van der Waals surface area (Å²) in [5.41, 5.74) is 0. The van der Waals surface area contributed by atoms with Crippen molar-refractivity contribution >= 4 is 27.4 Å². The van der Waals surface area contributed by atoms with Crippen molar-refractivity contribution in [2.24, 2.45) is 0 Å². The van der Waals surface area contributed by atoms with Gasteiger partial charge in [0.25, 0.3) is 10.0 Å². The highest BCUT2D eigenvalue weighted by atomic mass is 35.5. The molecule has 0 aliphatic heterocycles. The van der Waals surface area contributed by atoms with Crippen LogP contribution in [0.4, 0.5) is 14.6 Å². The van der Waals surface area contributed by atoms with Gasteiger partial charge in [0, 0.05) is 6.07 Å². The Labute approximate surface area is 112 Å². The molecule has 0 radical (unpaired) electrons. The van der Waals surface area contributed by atoms with Crippen molar-refractivity contribution in [3.8, 4) is 0 Å². The molecule has 1 aromatic heterocycles. The Hall–Kier alpha value is -1.80. The van der Waals surface area contributed by atoms with E-state index in [1.54, 1.807) is 0 Å². The number of halogens is 3. The average molecular weight is 306 g/mol. The monoisotopic (exact) mass is 305 g/mol. The van der Waals surface area contributed by atoms with E-state index in [1.165, 1.54) is 6.20 Å². The van der Waals surface area contributed by atoms with Crippen LogP contribution in [0.3, 0.4) is 0 Å². The van der Waals surface area contributed by atoms with Crippen LogP contribution in [0.2, 0.25) is 5.15 Å². The smallest absolute Gasteiger partial charge is 0.262 e. The first-order chi connectivity index (χ1) is 8.88. The van der Waals surface area contributed by atoms with Gasteiger partial charge in [0.2, 0.25) is 0 Å². The molecule has 0 amide bonds. The molecule has 2 rings (SSSR count). The fourth-order valence-electron chi connectivity index (χ4n) is 1.28. The van der Waals surface area contributed by atoms with Crippen molar-refractivity contribution in [3.63, 3.8) is 0 Å². The predicted octanol–water partition coefficient (Wildman–Crippen LogP) is 2.21. The quantitative estimate of drug-likeness (QED) is 0.943. The van der Waals surface area contributed by atoms with Crippen LogP contribution in [0, 0.1) is 11.6 Å². The van der Waals surface area contributed by atoms with Gasteiger partial charge >= 0.3 is 0 Å². The molecule has 1 N–H and O–H groups in total. The summed E-state index contributed by atoms with van der Waals surface area (Å²) in [5, 5.41) is -0.0280. The number of hydrogen-bond donors (Lipinski definition) is 1. The number of nitrogens with zero attached hydrogens (tertiary/aromatic N) is 2. The molecule has 9 heteroatoms. The van der Waals surface area contributed by atoms with Crippen LogP contribution >= 0.6 is 11.6 Å². The van der Waals surface area contributed by atoms with Gasteiger partial charge in [-0.2, -0.15) is 0 Å². The van der Waals surface area contributed by atoms with Crippen molar-refractivity contribution in [1.29, 1.82) is 0 Å². The maximum absolute atomic E-state index is 13.4. The molecule has 5 nitrogen and oxygen atoms in total. The lowest BCUT2D eigenvalue weighted by molar-refractivity contribution is 0.551. The van der Waals surface area contributed by atoms with Crippen LogP contribution in [0.15, 0.2) is 35.5 Å². The average Bonchev–Trinajstić information content (AvgIpc) is 2.27. The maximum Gasteiger partial charge on any atom is 0.266 e. The predicted molar refractivity (Wildman–Crippen MR) is 64.2 cm³/mol. The van der Waals surface area contributed by atoms with Gasteiger partial charge in [0.15, 0.2) is 5.82 Å². The first-order valence-corrected chi connectivity index (χ1v) is 6.70. The third-order valence-electron chi connectivity index (χ3n) is 2.03. The molecule has 0 aliphatic rings. The molecule has 0 spiro atoms. The molecule has 0 unspecified atom stereocenters. The second-order valence-corrected chi connectivity index (χ2v) is 5.45. The number of hydrogen-bond acceptors (Lipinski definition) is 4. The first-order valence-electron chi connectivity index (χ1n) is 4.84. The van der Waals surface area contributed by atoms with Crippen LogP contribution in [-0.2, 0) is 10.0 Å². The molecule has 0 fully saturated rings. The lowest BCUT2D eigenvalue weighted by Crippen LogP contribution is -2.15. The molecule has 1 aromatic carbocycles. The summed E-state index contributed by atoms with van der Waals surface area (Å²) < 4.78 is 51.8. The zero-order valence-electron chi connectivity index (χ0n) is 9.14. The third-order valence-corrected chi connectivity index (χ3v) is 3.60. The van der Waals surface area contributed by atoms with E-state index < -0.39 is 26.6 Å². The van der Waals surface area contributed by atoms with Crippen molar-refractivity contribution in [2.45, 2.75) is 4.90 Å². The van der Waals surface area contributed by atoms with Crippen LogP contribution < -0.4 is 4.72 Å². The lowest BCUT2D eigenvalue weighted by atomic mass is 10.3. The fourth-order valence-corrected chi connectivity index (χ4v) is 2.47. The van der Waals surface area contributed by atoms with Crippen LogP contribution in [0.5, 0.6) is 0 Å². The molecule has 2 aromatic rings. The lowest BCUT2D eigenvalue weighted by Gasteiger charge is -2.07. The van der Waals surface area contributed by atoms with Gasteiger partial charge in [0.1, 0.15) is 21.7 Å². The molecule has 19 heavy (non-hydrogen) atoms. The molecule has 0 saturated carbocycles. The van der Waals surface area contributed by atoms with E-state index in [9.17, 15) is 17.2 Å². The number of aromatic nitrogens is 2. The topological polar surface area (TPSA) is 72.0 Å². The Morgan fingerprint density at radius 3 is 2.58 bits per heavy atom. The molecular weight excluding hydrogens is 300 g/mol. The second-order valence-electron chi connectivity index (χ2n) is 3.41. The van der Waals surface area contributed by atoms with E-state index in [-0.39, 0.29) is 11.0 Å². The normalized spacial score (nSPS) is 11.3. The summed E-state index contributed by atoms with van der Waals surface area (Å²) in [5.74, 6) is -2.25. The van der Waals surface area contributed by atoms with Gasteiger partial charge in [-0.3, -0.25) is 9.71 Å². The Kier molecular flexibility index (Phi) is 3.63. The van der Waals surface area contributed by atoms with Gasteiger partial charge < -0.3 is 0 Å². The Bertz CT molecular complexity index is 724. The summed E-state index contributed by atoms with van der Waals surface area (Å²) in [6.07, 6.45) is 2.31. The minimum absolute atomic E-state index is 0.0280. The van der Waals surface area contributed by atoms with Crippen molar-refractivity contribution in [3.05, 3.63) is 47.4 Å². The maximum atomic E-state index is 13.4. The summed E-state index contributed by atoms with van der Waals surface area (Å²) in [4.78, 5) is 6.57. The van der Waals surface area contributed by atoms with Gasteiger partial charge in [0.05, 0.1) is 12.4 Å². The SMILES string of the molecule is O=S(=O)(Nc1cncc(Cl)n1)c1ccc(F)cc1F. The minimum Gasteiger partial charge on any atom is -0.262 e. The molecular formula is C10H6ClF2N3O2S. The Morgan fingerprint density at radius 1 is 1.21 bits per heavy atom. The van der Waals surface area contributed by atoms with Crippen LogP contribution in [0.1, 0.15) is 0 Å². The largest absolute Gasteiger partial charge is 0.266 e. The highest BCUT2D eigenvalue weighted by molar-refractivity contribution is 7.92. The molecule has 0 bridgehead atoms. The zero-order valence-corrected chi connectivity index (χ0v) is 10.7. The number of nitrogens with one attached hydrogen (secondary N) is 1. The van der Waals surface area contributed by atoms with Crippen molar-refractivity contribution in [1.82, 2.24) is 9.97 Å². The summed E-state index contributed by atoms with van der Waals surface area (Å²) in [6, 6.07) is 2.12. The summed E-state index contributed by atoms with van der Waals surface area (Å²) >= 11 is 5.54. The van der Waals surface area contributed by atoms with Gasteiger partial charge in [-0.25, -0.2) is 22.2 Å². The second kappa shape index (κ2) is 5.06. The van der Waals surface area contributed by atoms with Crippen LogP contribution in [0.25, 0.3) is 0 Å². The van der Waals surface area contributed by atoms with E-state index in [4.69, 9.17) is 11.6 Å². The highest BCUT2D eigenvalue weighted by Gasteiger charge is 2.20. The van der Waals surface area contributed by atoms with Gasteiger partial charge in [-0.1, -0.05) is 11.6 Å². The van der Waals surface area contributed by atoms with E-state index in [0.717, 1.165) is 18.3 Å². The number of benzene rings is 1. The number of rotatable bonds is 3. The standard InChI is InChI=1S/C10H6ClF2N3O2S/c11-9-4-14-5-10(15-9)16-19(17,18)8-2-1-6(12)3-7(8)13/h1-5H,(H,15,16). The minimum atomic E-state index is -4.23. The molecule has 0 saturated heterocycles. The third kappa shape index (κ3) is 3.15. The van der Waals surface area contributed by atoms with Crippen LogP contribution in [-0.4, -0.2) is 18.4 Å². The zero-order chi connectivity index (χ0) is 14.0. The van der Waals surface area contributed by atoms with E-state index >= 15 is 0 Å². The van der Waals surface area contributed by atoms with Gasteiger partial charge in [-0.05, 0) is 12.1 Å². The fraction of sp³-hybridized carbons (Fsp3) is 0. The molecule has 1 heterocycles. The van der Waals surface area contributed by atoms with E-state index in [0.29, 0.717) is 6.07 Å². The summed E-state index contributed by atoms with van der Waals surface area (Å²) in [7, 11) is -4.23. The molecule has 0 atom stereocenters. The number of sulfonamides is 1. The molecule has 100 valence electrons. The van der Waals surface area contributed by atoms with Crippen molar-refractivity contribution < 1.29 is 17.2 Å². The number of anilines is 1. The summed E-state index contributed by atoms with van der Waals surface area (Å²) in [6.45, 7) is 0. The van der Waals surface area contributed by atoms with Crippen molar-refractivity contribution in [2.75, 3.05) is 4.72 Å². The highest BCUT2D eigenvalue weighted by Crippen LogP contribution is 2.18. The molecule has 0 aliphatic carbocycles. The van der Waals surface area contributed by atoms with Gasteiger partial charge in [-0.15, -0.1) is 0 Å². The Balaban J connectivity index is 2.38. The first kappa shape index (κ1) is 13.6. The van der Waals surface area contributed by atoms with E-state index in [1.807, 2.05) is 4.72 Å². The van der Waals surface area contributed by atoms with E-state index in [2.05, 4.69) is 9.97 Å². The Morgan fingerprint density at radius 2 is 1.95 bits per heavy atom.